The number of para-hydroxylation sites is 1. The number of H-pyrrole nitrogens is 1. The topological polar surface area (TPSA) is 82.9 Å². The minimum atomic E-state index is -4.54. The molecule has 7 nitrogen and oxygen atoms in total. The van der Waals surface area contributed by atoms with Crippen LogP contribution in [0.15, 0.2) is 48.9 Å². The van der Waals surface area contributed by atoms with E-state index in [0.717, 1.165) is 53.3 Å². The van der Waals surface area contributed by atoms with Crippen molar-refractivity contribution in [2.45, 2.75) is 52.4 Å². The van der Waals surface area contributed by atoms with Crippen LogP contribution in [-0.4, -0.2) is 36.4 Å². The van der Waals surface area contributed by atoms with Crippen molar-refractivity contribution in [2.75, 3.05) is 11.4 Å². The Morgan fingerprint density at radius 3 is 2.37 bits per heavy atom. The normalized spacial score (nSPS) is 13.7. The zero-order valence-corrected chi connectivity index (χ0v) is 22.6. The van der Waals surface area contributed by atoms with E-state index in [1.54, 1.807) is 17.2 Å². The molecule has 0 amide bonds. The van der Waals surface area contributed by atoms with Crippen LogP contribution >= 0.6 is 0 Å². The zero-order valence-electron chi connectivity index (χ0n) is 22.6. The molecule has 0 fully saturated rings. The van der Waals surface area contributed by atoms with Gasteiger partial charge in [0.1, 0.15) is 5.82 Å². The van der Waals surface area contributed by atoms with Gasteiger partial charge >= 0.3 is 6.18 Å². The van der Waals surface area contributed by atoms with Crippen molar-refractivity contribution in [1.29, 1.82) is 0 Å². The Balaban J connectivity index is 1.58. The number of aromatic amines is 1. The number of hydrogen-bond donors (Lipinski definition) is 2. The lowest BCUT2D eigenvalue weighted by Crippen LogP contribution is -2.31. The maximum Gasteiger partial charge on any atom is 0.419 e. The van der Waals surface area contributed by atoms with Gasteiger partial charge in [-0.1, -0.05) is 32.0 Å². The first-order chi connectivity index (χ1) is 19.7. The van der Waals surface area contributed by atoms with Gasteiger partial charge in [-0.3, -0.25) is 0 Å². The lowest BCUT2D eigenvalue weighted by Gasteiger charge is -2.27. The van der Waals surface area contributed by atoms with Crippen LogP contribution in [0.5, 0.6) is 0 Å². The number of hydrogen-bond acceptors (Lipinski definition) is 5. The molecule has 0 atom stereocenters. The number of aliphatic hydroxyl groups excluding tert-OH is 1. The fourth-order valence-corrected chi connectivity index (χ4v) is 5.72. The van der Waals surface area contributed by atoms with E-state index in [0.29, 0.717) is 40.7 Å². The average molecular weight is 565 g/mol. The monoisotopic (exact) mass is 564 g/mol. The number of aliphatic hydroxyl groups is 1. The van der Waals surface area contributed by atoms with Gasteiger partial charge in [-0.05, 0) is 36.1 Å². The van der Waals surface area contributed by atoms with Crippen molar-refractivity contribution in [3.8, 4) is 16.9 Å². The van der Waals surface area contributed by atoms with E-state index in [1.165, 1.54) is 6.07 Å². The summed E-state index contributed by atoms with van der Waals surface area (Å²) >= 11 is 0. The first-order valence-electron chi connectivity index (χ1n) is 13.5. The lowest BCUT2D eigenvalue weighted by molar-refractivity contribution is -0.138. The third-order valence-electron chi connectivity index (χ3n) is 7.74. The minimum Gasteiger partial charge on any atom is -0.392 e. The van der Waals surface area contributed by atoms with E-state index in [2.05, 4.69) is 28.8 Å². The van der Waals surface area contributed by atoms with Crippen LogP contribution in [0.25, 0.3) is 27.8 Å². The minimum absolute atomic E-state index is 0.161. The number of alkyl halides is 3. The second kappa shape index (κ2) is 10.3. The second-order valence-corrected chi connectivity index (χ2v) is 10.1. The highest BCUT2D eigenvalue weighted by atomic mass is 19.4. The van der Waals surface area contributed by atoms with Crippen LogP contribution in [0.1, 0.15) is 47.4 Å². The Labute approximate surface area is 233 Å². The maximum atomic E-state index is 16.1. The standard InChI is InChI=1S/C30H28F4N6O/c1-3-17-6-5-7-18(4-2)27(17)40-28(25-21-8-10-35-26(21)19(16-41)12-23(25)31)22-15-39(11-9-24(22)38-40)29-36-13-20(14-37-29)30(32,33)34/h5-8,10,12-14,35,41H,3-4,9,11,15-16H2,1-2H3. The van der Waals surface area contributed by atoms with E-state index in [9.17, 15) is 18.3 Å². The summed E-state index contributed by atoms with van der Waals surface area (Å²) in [4.78, 5) is 12.9. The van der Waals surface area contributed by atoms with Crippen molar-refractivity contribution >= 4 is 16.9 Å². The van der Waals surface area contributed by atoms with Crippen molar-refractivity contribution in [3.63, 3.8) is 0 Å². The second-order valence-electron chi connectivity index (χ2n) is 10.1. The molecule has 41 heavy (non-hydrogen) atoms. The predicted octanol–water partition coefficient (Wildman–Crippen LogP) is 6.15. The number of rotatable bonds is 6. The van der Waals surface area contributed by atoms with E-state index >= 15 is 4.39 Å². The largest absolute Gasteiger partial charge is 0.419 e. The van der Waals surface area contributed by atoms with Crippen LogP contribution in [0.4, 0.5) is 23.5 Å². The average Bonchev–Trinajstić information content (AvgIpc) is 3.61. The lowest BCUT2D eigenvalue weighted by atomic mass is 9.95. The summed E-state index contributed by atoms with van der Waals surface area (Å²) < 4.78 is 57.3. The highest BCUT2D eigenvalue weighted by molar-refractivity contribution is 5.97. The maximum absolute atomic E-state index is 16.1. The van der Waals surface area contributed by atoms with Gasteiger partial charge in [0.15, 0.2) is 0 Å². The van der Waals surface area contributed by atoms with Gasteiger partial charge in [0.05, 0.1) is 34.8 Å². The molecule has 4 heterocycles. The summed E-state index contributed by atoms with van der Waals surface area (Å²) in [7, 11) is 0. The van der Waals surface area contributed by atoms with Crippen molar-refractivity contribution < 1.29 is 22.7 Å². The first kappa shape index (κ1) is 26.9. The number of aromatic nitrogens is 5. The number of fused-ring (bicyclic) bond motifs is 2. The molecule has 1 aliphatic rings. The number of anilines is 1. The summed E-state index contributed by atoms with van der Waals surface area (Å²) in [6.45, 7) is 4.47. The van der Waals surface area contributed by atoms with E-state index in [-0.39, 0.29) is 19.1 Å². The molecule has 0 aliphatic carbocycles. The Morgan fingerprint density at radius 1 is 1.02 bits per heavy atom. The molecule has 0 unspecified atom stereocenters. The third-order valence-corrected chi connectivity index (χ3v) is 7.74. The molecule has 0 bridgehead atoms. The van der Waals surface area contributed by atoms with Crippen molar-refractivity contribution in [1.82, 2.24) is 24.7 Å². The first-order valence-corrected chi connectivity index (χ1v) is 13.5. The van der Waals surface area contributed by atoms with Gasteiger partial charge < -0.3 is 15.0 Å². The zero-order chi connectivity index (χ0) is 28.9. The summed E-state index contributed by atoms with van der Waals surface area (Å²) in [5.74, 6) is -0.339. The Bertz CT molecular complexity index is 1720. The molecule has 2 aromatic carbocycles. The van der Waals surface area contributed by atoms with Crippen LogP contribution in [0.2, 0.25) is 0 Å². The SMILES string of the molecule is CCc1cccc(CC)c1-n1nc2c(c1-c1c(F)cc(CO)c3[nH]ccc13)CN(c1ncc(C(F)(F)F)cn1)CC2. The van der Waals surface area contributed by atoms with Crippen molar-refractivity contribution in [2.24, 2.45) is 0 Å². The van der Waals surface area contributed by atoms with E-state index < -0.39 is 17.6 Å². The summed E-state index contributed by atoms with van der Waals surface area (Å²) in [5.41, 5.74) is 5.62. The molecule has 0 saturated heterocycles. The molecule has 3 aromatic heterocycles. The van der Waals surface area contributed by atoms with Gasteiger partial charge in [-0.15, -0.1) is 0 Å². The van der Waals surface area contributed by atoms with Gasteiger partial charge in [0.25, 0.3) is 0 Å². The smallest absolute Gasteiger partial charge is 0.392 e. The predicted molar refractivity (Wildman–Crippen MR) is 147 cm³/mol. The quantitative estimate of drug-likeness (QED) is 0.242. The molecule has 1 aliphatic heterocycles. The molecule has 212 valence electrons. The van der Waals surface area contributed by atoms with Crippen LogP contribution in [0.3, 0.4) is 0 Å². The fraction of sp³-hybridized carbons (Fsp3) is 0.300. The highest BCUT2D eigenvalue weighted by Crippen LogP contribution is 2.41. The Hall–Kier alpha value is -4.25. The van der Waals surface area contributed by atoms with Crippen molar-refractivity contribution in [3.05, 3.63) is 88.3 Å². The van der Waals surface area contributed by atoms with Gasteiger partial charge in [-0.2, -0.15) is 18.3 Å². The van der Waals surface area contributed by atoms with E-state index in [4.69, 9.17) is 5.10 Å². The van der Waals surface area contributed by atoms with Crippen LogP contribution < -0.4 is 4.90 Å². The molecule has 0 spiro atoms. The summed E-state index contributed by atoms with van der Waals surface area (Å²) in [6.07, 6.45) is 0.690. The molecular formula is C30H28F4N6O. The Morgan fingerprint density at radius 2 is 1.73 bits per heavy atom. The Kier molecular flexibility index (Phi) is 6.77. The molecule has 5 aromatic rings. The number of nitrogens with zero attached hydrogens (tertiary/aromatic N) is 5. The van der Waals surface area contributed by atoms with E-state index in [1.807, 2.05) is 22.9 Å². The van der Waals surface area contributed by atoms with Gasteiger partial charge in [-0.25, -0.2) is 19.0 Å². The fourth-order valence-electron chi connectivity index (χ4n) is 5.72. The molecular weight excluding hydrogens is 536 g/mol. The highest BCUT2D eigenvalue weighted by Gasteiger charge is 2.33. The molecule has 6 rings (SSSR count). The molecule has 11 heteroatoms. The van der Waals surface area contributed by atoms with Crippen LogP contribution in [0, 0.1) is 5.82 Å². The number of halogens is 4. The molecule has 0 radical (unpaired) electrons. The third kappa shape index (κ3) is 4.54. The number of aryl methyl sites for hydroxylation is 2. The summed E-state index contributed by atoms with van der Waals surface area (Å²) in [5, 5.41) is 15.5. The summed E-state index contributed by atoms with van der Waals surface area (Å²) in [6, 6.07) is 9.21. The molecule has 2 N–H and O–H groups in total. The number of benzene rings is 2. The number of nitrogens with one attached hydrogen (secondary N) is 1. The van der Waals surface area contributed by atoms with Gasteiger partial charge in [0.2, 0.25) is 5.95 Å². The van der Waals surface area contributed by atoms with Crippen LogP contribution in [-0.2, 0) is 38.6 Å². The van der Waals surface area contributed by atoms with Gasteiger partial charge in [0, 0.05) is 60.2 Å². The molecule has 0 saturated carbocycles.